The molecular formula is C15H11ClN2O2. The Kier molecular flexibility index (Phi) is 2.95. The number of hydrogen-bond acceptors (Lipinski definition) is 2. The number of benzene rings is 2. The molecule has 1 heterocycles. The Morgan fingerprint density at radius 2 is 1.75 bits per heavy atom. The van der Waals surface area contributed by atoms with Gasteiger partial charge in [-0.2, -0.15) is 0 Å². The van der Waals surface area contributed by atoms with Crippen LogP contribution in [0.3, 0.4) is 0 Å². The number of fused-ring (bicyclic) bond motifs is 1. The van der Waals surface area contributed by atoms with Gasteiger partial charge in [0, 0.05) is 5.02 Å². The number of nitrogens with one attached hydrogen (secondary N) is 1. The van der Waals surface area contributed by atoms with Gasteiger partial charge in [0.1, 0.15) is 0 Å². The summed E-state index contributed by atoms with van der Waals surface area (Å²) in [7, 11) is 0. The molecule has 0 aliphatic heterocycles. The highest BCUT2D eigenvalue weighted by Crippen LogP contribution is 2.17. The van der Waals surface area contributed by atoms with Crippen LogP contribution in [0.15, 0.2) is 52.1 Å². The molecule has 100 valence electrons. The molecule has 0 fully saturated rings. The van der Waals surface area contributed by atoms with Gasteiger partial charge in [0.15, 0.2) is 0 Å². The van der Waals surface area contributed by atoms with E-state index in [9.17, 15) is 9.59 Å². The van der Waals surface area contributed by atoms with Gasteiger partial charge in [-0.15, -0.1) is 0 Å². The van der Waals surface area contributed by atoms with Gasteiger partial charge in [0.2, 0.25) is 0 Å². The lowest BCUT2D eigenvalue weighted by molar-refractivity contribution is 0.796. The lowest BCUT2D eigenvalue weighted by atomic mass is 10.2. The van der Waals surface area contributed by atoms with E-state index in [1.807, 2.05) is 6.92 Å². The molecule has 5 heteroatoms. The zero-order valence-corrected chi connectivity index (χ0v) is 11.4. The number of nitrogens with zero attached hydrogens (tertiary/aromatic N) is 1. The van der Waals surface area contributed by atoms with Gasteiger partial charge in [-0.3, -0.25) is 14.7 Å². The van der Waals surface area contributed by atoms with E-state index in [1.54, 1.807) is 42.5 Å². The van der Waals surface area contributed by atoms with Crippen molar-refractivity contribution in [3.05, 3.63) is 73.8 Å². The molecule has 0 saturated carbocycles. The number of aromatic nitrogens is 2. The van der Waals surface area contributed by atoms with Crippen molar-refractivity contribution in [3.63, 3.8) is 0 Å². The van der Waals surface area contributed by atoms with Gasteiger partial charge in [0.25, 0.3) is 11.1 Å². The van der Waals surface area contributed by atoms with Crippen LogP contribution in [-0.4, -0.2) is 9.78 Å². The fourth-order valence-electron chi connectivity index (χ4n) is 2.19. The molecule has 3 rings (SSSR count). The second-order valence-corrected chi connectivity index (χ2v) is 4.99. The highest BCUT2D eigenvalue weighted by atomic mass is 35.5. The SMILES string of the molecule is Cc1ccc(Cl)cc1-n1[nH]c(=O)c2ccccc2c1=O. The zero-order chi connectivity index (χ0) is 14.3. The monoisotopic (exact) mass is 286 g/mol. The van der Waals surface area contributed by atoms with Crippen molar-refractivity contribution in [2.24, 2.45) is 0 Å². The largest absolute Gasteiger partial charge is 0.277 e. The maximum Gasteiger partial charge on any atom is 0.277 e. The summed E-state index contributed by atoms with van der Waals surface area (Å²) in [4.78, 5) is 24.6. The van der Waals surface area contributed by atoms with Crippen LogP contribution in [-0.2, 0) is 0 Å². The van der Waals surface area contributed by atoms with Gasteiger partial charge >= 0.3 is 0 Å². The molecule has 0 amide bonds. The summed E-state index contributed by atoms with van der Waals surface area (Å²) in [6, 6.07) is 11.9. The molecule has 0 atom stereocenters. The van der Waals surface area contributed by atoms with Crippen molar-refractivity contribution in [2.45, 2.75) is 6.92 Å². The van der Waals surface area contributed by atoms with E-state index < -0.39 is 0 Å². The predicted molar refractivity (Wildman–Crippen MR) is 79.9 cm³/mol. The Hall–Kier alpha value is -2.33. The number of H-pyrrole nitrogens is 1. The van der Waals surface area contributed by atoms with E-state index in [-0.39, 0.29) is 11.1 Å². The van der Waals surface area contributed by atoms with Crippen molar-refractivity contribution >= 4 is 22.4 Å². The summed E-state index contributed by atoms with van der Waals surface area (Å²) in [5, 5.41) is 3.87. The fourth-order valence-corrected chi connectivity index (χ4v) is 2.36. The van der Waals surface area contributed by atoms with Gasteiger partial charge in [-0.25, -0.2) is 4.68 Å². The fraction of sp³-hybridized carbons (Fsp3) is 0.0667. The Bertz CT molecular complexity index is 925. The lowest BCUT2D eigenvalue weighted by Crippen LogP contribution is -2.28. The summed E-state index contributed by atoms with van der Waals surface area (Å²) >= 11 is 5.97. The van der Waals surface area contributed by atoms with Crippen LogP contribution < -0.4 is 11.1 Å². The first-order valence-electron chi connectivity index (χ1n) is 6.08. The van der Waals surface area contributed by atoms with Gasteiger partial charge in [-0.05, 0) is 36.8 Å². The Morgan fingerprint density at radius 1 is 1.05 bits per heavy atom. The minimum absolute atomic E-state index is 0.273. The average Bonchev–Trinajstić information content (AvgIpc) is 2.46. The molecule has 0 radical (unpaired) electrons. The first-order chi connectivity index (χ1) is 9.58. The van der Waals surface area contributed by atoms with Crippen LogP contribution >= 0.6 is 11.6 Å². The van der Waals surface area contributed by atoms with Gasteiger partial charge in [0.05, 0.1) is 16.5 Å². The summed E-state index contributed by atoms with van der Waals surface area (Å²) in [6.07, 6.45) is 0. The van der Waals surface area contributed by atoms with Crippen LogP contribution in [0.2, 0.25) is 5.02 Å². The Labute approximate surface area is 119 Å². The average molecular weight is 287 g/mol. The highest BCUT2D eigenvalue weighted by molar-refractivity contribution is 6.30. The van der Waals surface area contributed by atoms with Crippen LogP contribution in [0.25, 0.3) is 16.5 Å². The van der Waals surface area contributed by atoms with Crippen LogP contribution in [0.1, 0.15) is 5.56 Å². The molecule has 1 N–H and O–H groups in total. The molecule has 0 unspecified atom stereocenters. The van der Waals surface area contributed by atoms with E-state index in [4.69, 9.17) is 11.6 Å². The Morgan fingerprint density at radius 3 is 2.50 bits per heavy atom. The van der Waals surface area contributed by atoms with E-state index >= 15 is 0 Å². The summed E-state index contributed by atoms with van der Waals surface area (Å²) in [5.74, 6) is 0. The number of hydrogen-bond donors (Lipinski definition) is 1. The van der Waals surface area contributed by atoms with Crippen molar-refractivity contribution in [3.8, 4) is 5.69 Å². The summed E-state index contributed by atoms with van der Waals surface area (Å²) in [5.41, 5.74) is 0.845. The number of aryl methyl sites for hydroxylation is 1. The maximum absolute atomic E-state index is 12.5. The molecule has 0 saturated heterocycles. The van der Waals surface area contributed by atoms with Crippen LogP contribution in [0.4, 0.5) is 0 Å². The van der Waals surface area contributed by atoms with E-state index in [0.29, 0.717) is 21.5 Å². The quantitative estimate of drug-likeness (QED) is 0.748. The van der Waals surface area contributed by atoms with Crippen molar-refractivity contribution in [2.75, 3.05) is 0 Å². The van der Waals surface area contributed by atoms with E-state index in [0.717, 1.165) is 5.56 Å². The molecule has 0 spiro atoms. The number of aromatic amines is 1. The normalized spacial score (nSPS) is 10.9. The van der Waals surface area contributed by atoms with Crippen molar-refractivity contribution < 1.29 is 0 Å². The van der Waals surface area contributed by atoms with Crippen molar-refractivity contribution in [1.29, 1.82) is 0 Å². The summed E-state index contributed by atoms with van der Waals surface area (Å²) < 4.78 is 1.24. The Balaban J connectivity index is 2.44. The standard InChI is InChI=1S/C15H11ClN2O2/c1-9-6-7-10(16)8-13(9)18-15(20)12-5-3-2-4-11(12)14(19)17-18/h2-8H,1H3,(H,17,19). The van der Waals surface area contributed by atoms with Crippen molar-refractivity contribution in [1.82, 2.24) is 9.78 Å². The first kappa shape index (κ1) is 12.7. The second kappa shape index (κ2) is 4.65. The minimum Gasteiger partial charge on any atom is -0.267 e. The van der Waals surface area contributed by atoms with Crippen LogP contribution in [0, 0.1) is 6.92 Å². The third-order valence-corrected chi connectivity index (χ3v) is 3.47. The molecule has 2 aromatic carbocycles. The van der Waals surface area contributed by atoms with E-state index in [2.05, 4.69) is 5.10 Å². The van der Waals surface area contributed by atoms with E-state index in [1.165, 1.54) is 4.68 Å². The second-order valence-electron chi connectivity index (χ2n) is 4.56. The van der Waals surface area contributed by atoms with Gasteiger partial charge in [-0.1, -0.05) is 29.8 Å². The molecule has 20 heavy (non-hydrogen) atoms. The summed E-state index contributed by atoms with van der Waals surface area (Å²) in [6.45, 7) is 1.85. The maximum atomic E-state index is 12.5. The zero-order valence-electron chi connectivity index (χ0n) is 10.7. The molecule has 0 bridgehead atoms. The minimum atomic E-state index is -0.306. The van der Waals surface area contributed by atoms with Gasteiger partial charge < -0.3 is 0 Å². The highest BCUT2D eigenvalue weighted by Gasteiger charge is 2.10. The lowest BCUT2D eigenvalue weighted by Gasteiger charge is -2.10. The third kappa shape index (κ3) is 1.94. The molecule has 0 aliphatic carbocycles. The topological polar surface area (TPSA) is 54.9 Å². The molecule has 0 aliphatic rings. The predicted octanol–water partition coefficient (Wildman–Crippen LogP) is 2.64. The number of halogens is 1. The molecule has 3 aromatic rings. The third-order valence-electron chi connectivity index (χ3n) is 3.23. The number of rotatable bonds is 1. The van der Waals surface area contributed by atoms with Crippen LogP contribution in [0.5, 0.6) is 0 Å². The first-order valence-corrected chi connectivity index (χ1v) is 6.46. The smallest absolute Gasteiger partial charge is 0.267 e. The molecular weight excluding hydrogens is 276 g/mol. The molecule has 4 nitrogen and oxygen atoms in total. The molecule has 1 aromatic heterocycles.